The summed E-state index contributed by atoms with van der Waals surface area (Å²) in [6.07, 6.45) is 1.11. The van der Waals surface area contributed by atoms with E-state index in [-0.39, 0.29) is 17.9 Å². The van der Waals surface area contributed by atoms with Crippen molar-refractivity contribution < 1.29 is 19.1 Å². The first-order valence-electron chi connectivity index (χ1n) is 11.0. The summed E-state index contributed by atoms with van der Waals surface area (Å²) in [6, 6.07) is 19.5. The molecule has 3 aromatic carbocycles. The van der Waals surface area contributed by atoms with E-state index in [0.29, 0.717) is 37.6 Å². The summed E-state index contributed by atoms with van der Waals surface area (Å²) in [5.41, 5.74) is 7.79. The van der Waals surface area contributed by atoms with Crippen molar-refractivity contribution in [3.05, 3.63) is 77.4 Å². The van der Waals surface area contributed by atoms with Crippen LogP contribution in [-0.2, 0) is 16.1 Å². The number of benzene rings is 3. The topological polar surface area (TPSA) is 81.9 Å². The lowest BCUT2D eigenvalue weighted by atomic mass is 9.97. The van der Waals surface area contributed by atoms with Crippen molar-refractivity contribution >= 4 is 22.6 Å². The summed E-state index contributed by atoms with van der Waals surface area (Å²) in [6.45, 7) is 2.11. The van der Waals surface area contributed by atoms with Gasteiger partial charge in [0.05, 0.1) is 6.54 Å². The van der Waals surface area contributed by atoms with Crippen LogP contribution in [0.25, 0.3) is 10.8 Å². The van der Waals surface area contributed by atoms with Crippen molar-refractivity contribution in [2.75, 3.05) is 19.8 Å². The van der Waals surface area contributed by atoms with E-state index in [2.05, 4.69) is 18.2 Å². The Morgan fingerprint density at radius 1 is 0.969 bits per heavy atom. The van der Waals surface area contributed by atoms with Gasteiger partial charge in [-0.25, -0.2) is 0 Å². The first kappa shape index (κ1) is 20.5. The smallest absolute Gasteiger partial charge is 0.248 e. The highest BCUT2D eigenvalue weighted by molar-refractivity contribution is 5.93. The molecule has 1 unspecified atom stereocenters. The minimum Gasteiger partial charge on any atom is -0.483 e. The predicted octanol–water partition coefficient (Wildman–Crippen LogP) is 3.83. The zero-order chi connectivity index (χ0) is 22.1. The minimum absolute atomic E-state index is 0.0386. The fourth-order valence-electron chi connectivity index (χ4n) is 4.67. The van der Waals surface area contributed by atoms with Gasteiger partial charge < -0.3 is 20.1 Å². The van der Waals surface area contributed by atoms with E-state index in [4.69, 9.17) is 15.2 Å². The van der Waals surface area contributed by atoms with Gasteiger partial charge in [0.15, 0.2) is 0 Å². The number of hydrogen-bond donors (Lipinski definition) is 1. The van der Waals surface area contributed by atoms with Crippen LogP contribution in [0.3, 0.4) is 0 Å². The van der Waals surface area contributed by atoms with Gasteiger partial charge >= 0.3 is 0 Å². The normalized spacial score (nSPS) is 19.1. The molecule has 0 bridgehead atoms. The Bertz CT molecular complexity index is 1160. The van der Waals surface area contributed by atoms with Crippen molar-refractivity contribution in [3.63, 3.8) is 0 Å². The van der Waals surface area contributed by atoms with Crippen LogP contribution in [0.4, 0.5) is 0 Å². The van der Waals surface area contributed by atoms with Crippen molar-refractivity contribution in [2.24, 2.45) is 11.7 Å². The zero-order valence-corrected chi connectivity index (χ0v) is 17.8. The third-order valence-electron chi connectivity index (χ3n) is 6.42. The van der Waals surface area contributed by atoms with Gasteiger partial charge in [0.1, 0.15) is 11.9 Å². The fraction of sp³-hybridized carbons (Fsp3) is 0.308. The van der Waals surface area contributed by atoms with Crippen molar-refractivity contribution in [3.8, 4) is 5.75 Å². The molecule has 32 heavy (non-hydrogen) atoms. The summed E-state index contributed by atoms with van der Waals surface area (Å²) in [5, 5.41) is 2.21. The summed E-state index contributed by atoms with van der Waals surface area (Å²) in [7, 11) is 0. The average Bonchev–Trinajstić information content (AvgIpc) is 3.03. The van der Waals surface area contributed by atoms with Crippen molar-refractivity contribution in [2.45, 2.75) is 25.5 Å². The molecule has 5 rings (SSSR count). The molecule has 2 amide bonds. The van der Waals surface area contributed by atoms with Crippen LogP contribution in [0, 0.1) is 5.92 Å². The second-order valence-corrected chi connectivity index (χ2v) is 8.47. The lowest BCUT2D eigenvalue weighted by Gasteiger charge is -2.30. The van der Waals surface area contributed by atoms with E-state index in [1.807, 2.05) is 35.2 Å². The lowest BCUT2D eigenvalue weighted by molar-refractivity contribution is -0.140. The Labute approximate surface area is 186 Å². The monoisotopic (exact) mass is 430 g/mol. The first-order chi connectivity index (χ1) is 15.6. The van der Waals surface area contributed by atoms with Gasteiger partial charge in [-0.2, -0.15) is 0 Å². The third-order valence-corrected chi connectivity index (χ3v) is 6.42. The first-order valence-corrected chi connectivity index (χ1v) is 11.0. The van der Waals surface area contributed by atoms with Gasteiger partial charge in [-0.15, -0.1) is 0 Å². The minimum atomic E-state index is -0.502. The van der Waals surface area contributed by atoms with E-state index < -0.39 is 5.91 Å². The van der Waals surface area contributed by atoms with Gasteiger partial charge in [-0.3, -0.25) is 9.59 Å². The number of carbonyl (C=O) groups excluding carboxylic acids is 2. The zero-order valence-electron chi connectivity index (χ0n) is 17.8. The molecular formula is C26H26N2O4. The number of ether oxygens (including phenoxy) is 2. The Morgan fingerprint density at radius 2 is 1.75 bits per heavy atom. The molecule has 0 radical (unpaired) electrons. The van der Waals surface area contributed by atoms with Gasteiger partial charge in [0.2, 0.25) is 11.8 Å². The molecule has 2 aliphatic rings. The van der Waals surface area contributed by atoms with Gasteiger partial charge in [0, 0.05) is 42.4 Å². The highest BCUT2D eigenvalue weighted by Crippen LogP contribution is 2.35. The molecule has 2 aliphatic heterocycles. The van der Waals surface area contributed by atoms with Gasteiger partial charge in [0.25, 0.3) is 0 Å². The standard InChI is InChI=1S/C26H26N2O4/c27-25(29)19-8-9-20-15-28(26(30)18-10-12-31-13-11-18)16-24(32-23(20)14-19)22-7-3-5-17-4-1-2-6-21(17)22/h1-9,14,18,24H,10-13,15-16H2,(H2,27,29). The van der Waals surface area contributed by atoms with Crippen molar-refractivity contribution in [1.29, 1.82) is 0 Å². The molecule has 2 N–H and O–H groups in total. The molecule has 3 aromatic rings. The van der Waals surface area contributed by atoms with Crippen LogP contribution in [-0.4, -0.2) is 36.5 Å². The highest BCUT2D eigenvalue weighted by atomic mass is 16.5. The molecule has 1 saturated heterocycles. The third kappa shape index (κ3) is 3.94. The van der Waals surface area contributed by atoms with Gasteiger partial charge in [-0.1, -0.05) is 48.5 Å². The largest absolute Gasteiger partial charge is 0.483 e. The van der Waals surface area contributed by atoms with E-state index in [9.17, 15) is 9.59 Å². The van der Waals surface area contributed by atoms with Gasteiger partial charge in [-0.05, 0) is 35.7 Å². The molecule has 2 heterocycles. The molecule has 1 atom stereocenters. The maximum absolute atomic E-state index is 13.5. The Hall–Kier alpha value is -3.38. The summed E-state index contributed by atoms with van der Waals surface area (Å²) in [4.78, 5) is 27.1. The number of nitrogens with two attached hydrogens (primary N) is 1. The number of nitrogens with zero attached hydrogens (tertiary/aromatic N) is 1. The molecule has 6 heteroatoms. The van der Waals surface area contributed by atoms with Crippen LogP contribution in [0.1, 0.15) is 40.4 Å². The molecular weight excluding hydrogens is 404 g/mol. The van der Waals surface area contributed by atoms with E-state index in [1.165, 1.54) is 0 Å². The molecule has 0 aliphatic carbocycles. The maximum Gasteiger partial charge on any atom is 0.248 e. The lowest BCUT2D eigenvalue weighted by Crippen LogP contribution is -2.40. The maximum atomic E-state index is 13.5. The Balaban J connectivity index is 1.57. The summed E-state index contributed by atoms with van der Waals surface area (Å²) in [5.74, 6) is 0.191. The second-order valence-electron chi connectivity index (χ2n) is 8.47. The number of fused-ring (bicyclic) bond motifs is 2. The number of primary amides is 1. The molecule has 0 saturated carbocycles. The number of amides is 2. The predicted molar refractivity (Wildman–Crippen MR) is 121 cm³/mol. The van der Waals surface area contributed by atoms with E-state index in [1.54, 1.807) is 12.1 Å². The molecule has 6 nitrogen and oxygen atoms in total. The van der Waals surface area contributed by atoms with Crippen LogP contribution in [0.5, 0.6) is 5.75 Å². The van der Waals surface area contributed by atoms with E-state index >= 15 is 0 Å². The molecule has 164 valence electrons. The van der Waals surface area contributed by atoms with Crippen LogP contribution >= 0.6 is 0 Å². The molecule has 0 aromatic heterocycles. The van der Waals surface area contributed by atoms with Crippen LogP contribution in [0.15, 0.2) is 60.7 Å². The Kier molecular flexibility index (Phi) is 5.53. The number of hydrogen-bond acceptors (Lipinski definition) is 4. The van der Waals surface area contributed by atoms with E-state index in [0.717, 1.165) is 34.7 Å². The number of carbonyl (C=O) groups is 2. The fourth-order valence-corrected chi connectivity index (χ4v) is 4.67. The number of rotatable bonds is 3. The Morgan fingerprint density at radius 3 is 2.56 bits per heavy atom. The SMILES string of the molecule is NC(=O)c1ccc2c(c1)OC(c1cccc3ccccc13)CN(C(=O)C1CCOCC1)C2. The second kappa shape index (κ2) is 8.63. The van der Waals surface area contributed by atoms with Crippen LogP contribution < -0.4 is 10.5 Å². The average molecular weight is 431 g/mol. The highest BCUT2D eigenvalue weighted by Gasteiger charge is 2.32. The molecule has 0 spiro atoms. The van der Waals surface area contributed by atoms with Crippen molar-refractivity contribution in [1.82, 2.24) is 4.90 Å². The van der Waals surface area contributed by atoms with Crippen LogP contribution in [0.2, 0.25) is 0 Å². The quantitative estimate of drug-likeness (QED) is 0.685. The summed E-state index contributed by atoms with van der Waals surface area (Å²) >= 11 is 0. The summed E-state index contributed by atoms with van der Waals surface area (Å²) < 4.78 is 11.9. The molecule has 1 fully saturated rings.